The van der Waals surface area contributed by atoms with E-state index < -0.39 is 0 Å². The van der Waals surface area contributed by atoms with Crippen LogP contribution in [0.25, 0.3) is 0 Å². The molecule has 25 heavy (non-hydrogen) atoms. The summed E-state index contributed by atoms with van der Waals surface area (Å²) in [6.07, 6.45) is 3.48. The lowest BCUT2D eigenvalue weighted by molar-refractivity contribution is 0.0935. The molecular weight excluding hydrogens is 308 g/mol. The van der Waals surface area contributed by atoms with Gasteiger partial charge in [0.15, 0.2) is 0 Å². The number of benzene rings is 2. The van der Waals surface area contributed by atoms with Crippen LogP contribution in [0.5, 0.6) is 0 Å². The van der Waals surface area contributed by atoms with Crippen molar-refractivity contribution in [2.75, 3.05) is 13.1 Å². The Kier molecular flexibility index (Phi) is 5.87. The Labute approximate surface area is 151 Å². The molecule has 1 aliphatic heterocycles. The topological polar surface area (TPSA) is 32.3 Å². The normalized spacial score (nSPS) is 15.9. The van der Waals surface area contributed by atoms with Crippen molar-refractivity contribution >= 4 is 5.91 Å². The third-order valence-corrected chi connectivity index (χ3v) is 5.01. The number of likely N-dealkylation sites (tertiary alicyclic amines) is 1. The minimum Gasteiger partial charge on any atom is -0.345 e. The summed E-state index contributed by atoms with van der Waals surface area (Å²) in [5.41, 5.74) is 4.41. The van der Waals surface area contributed by atoms with Gasteiger partial charge < -0.3 is 5.32 Å². The van der Waals surface area contributed by atoms with Gasteiger partial charge in [0.2, 0.25) is 0 Å². The highest BCUT2D eigenvalue weighted by Gasteiger charge is 2.15. The van der Waals surface area contributed by atoms with E-state index in [0.717, 1.165) is 24.1 Å². The SMILES string of the molecule is CC[C@@H](NC(=O)c1ccc(CN2CCCC2)cc1)c1ccc(C)cc1. The summed E-state index contributed by atoms with van der Waals surface area (Å²) in [6.45, 7) is 7.55. The molecule has 0 saturated carbocycles. The molecule has 132 valence electrons. The number of carbonyl (C=O) groups excluding carboxylic acids is 1. The van der Waals surface area contributed by atoms with E-state index in [4.69, 9.17) is 0 Å². The van der Waals surface area contributed by atoms with Crippen molar-refractivity contribution in [2.45, 2.75) is 45.7 Å². The Morgan fingerprint density at radius 3 is 2.28 bits per heavy atom. The first kappa shape index (κ1) is 17.7. The molecule has 2 aromatic rings. The average molecular weight is 336 g/mol. The molecule has 1 atom stereocenters. The van der Waals surface area contributed by atoms with E-state index in [1.54, 1.807) is 0 Å². The van der Waals surface area contributed by atoms with Gasteiger partial charge in [-0.15, -0.1) is 0 Å². The van der Waals surface area contributed by atoms with Crippen LogP contribution in [0.2, 0.25) is 0 Å². The van der Waals surface area contributed by atoms with Crippen LogP contribution in [0.4, 0.5) is 0 Å². The van der Waals surface area contributed by atoms with E-state index in [-0.39, 0.29) is 11.9 Å². The molecule has 3 heteroatoms. The van der Waals surface area contributed by atoms with Gasteiger partial charge >= 0.3 is 0 Å². The fraction of sp³-hybridized carbons (Fsp3) is 0.409. The summed E-state index contributed by atoms with van der Waals surface area (Å²) in [5, 5.41) is 3.16. The molecule has 2 aromatic carbocycles. The summed E-state index contributed by atoms with van der Waals surface area (Å²) in [5.74, 6) is 0.000137. The predicted molar refractivity (Wildman–Crippen MR) is 103 cm³/mol. The lowest BCUT2D eigenvalue weighted by Crippen LogP contribution is -2.28. The molecular formula is C22H28N2O. The second kappa shape index (κ2) is 8.30. The number of carbonyl (C=O) groups is 1. The standard InChI is InChI=1S/C22H28N2O/c1-3-21(19-10-6-17(2)7-11-19)23-22(25)20-12-8-18(9-13-20)16-24-14-4-5-15-24/h6-13,21H,3-5,14-16H2,1-2H3,(H,23,25)/t21-/m1/s1. The lowest BCUT2D eigenvalue weighted by Gasteiger charge is -2.18. The number of nitrogens with one attached hydrogen (secondary N) is 1. The van der Waals surface area contributed by atoms with Crippen LogP contribution in [-0.2, 0) is 6.54 Å². The zero-order valence-electron chi connectivity index (χ0n) is 15.3. The van der Waals surface area contributed by atoms with Crippen LogP contribution in [0.1, 0.15) is 59.3 Å². The van der Waals surface area contributed by atoms with E-state index in [1.807, 2.05) is 12.1 Å². The van der Waals surface area contributed by atoms with Crippen LogP contribution in [0.15, 0.2) is 48.5 Å². The maximum atomic E-state index is 12.6. The molecule has 1 saturated heterocycles. The largest absolute Gasteiger partial charge is 0.345 e. The highest BCUT2D eigenvalue weighted by atomic mass is 16.1. The molecule has 1 fully saturated rings. The zero-order chi connectivity index (χ0) is 17.6. The number of amides is 1. The van der Waals surface area contributed by atoms with Gasteiger partial charge in [-0.05, 0) is 62.5 Å². The van der Waals surface area contributed by atoms with Crippen molar-refractivity contribution in [1.82, 2.24) is 10.2 Å². The quantitative estimate of drug-likeness (QED) is 0.844. The summed E-state index contributed by atoms with van der Waals surface area (Å²) >= 11 is 0. The number of hydrogen-bond donors (Lipinski definition) is 1. The van der Waals surface area contributed by atoms with Gasteiger partial charge in [-0.2, -0.15) is 0 Å². The Balaban J connectivity index is 1.62. The highest BCUT2D eigenvalue weighted by molar-refractivity contribution is 5.94. The van der Waals surface area contributed by atoms with Gasteiger partial charge in [-0.3, -0.25) is 9.69 Å². The Morgan fingerprint density at radius 2 is 1.68 bits per heavy atom. The molecule has 0 spiro atoms. The van der Waals surface area contributed by atoms with Crippen molar-refractivity contribution < 1.29 is 4.79 Å². The monoisotopic (exact) mass is 336 g/mol. The maximum absolute atomic E-state index is 12.6. The minimum absolute atomic E-state index is 0.000137. The Hall–Kier alpha value is -2.13. The minimum atomic E-state index is 0.000137. The van der Waals surface area contributed by atoms with Crippen molar-refractivity contribution in [3.05, 3.63) is 70.8 Å². The molecule has 1 amide bonds. The first-order valence-electron chi connectivity index (χ1n) is 9.34. The predicted octanol–water partition coefficient (Wildman–Crippen LogP) is 4.47. The summed E-state index contributed by atoms with van der Waals surface area (Å²) in [6, 6.07) is 16.5. The number of nitrogens with zero attached hydrogens (tertiary/aromatic N) is 1. The number of aryl methyl sites for hydroxylation is 1. The molecule has 1 heterocycles. The number of rotatable bonds is 6. The van der Waals surface area contributed by atoms with Crippen molar-refractivity contribution in [3.8, 4) is 0 Å². The fourth-order valence-corrected chi connectivity index (χ4v) is 3.42. The molecule has 1 N–H and O–H groups in total. The fourth-order valence-electron chi connectivity index (χ4n) is 3.42. The Bertz CT molecular complexity index is 685. The molecule has 0 aromatic heterocycles. The molecule has 0 radical (unpaired) electrons. The molecule has 0 unspecified atom stereocenters. The van der Waals surface area contributed by atoms with Crippen LogP contribution < -0.4 is 5.32 Å². The van der Waals surface area contributed by atoms with Crippen molar-refractivity contribution in [1.29, 1.82) is 0 Å². The van der Waals surface area contributed by atoms with Crippen LogP contribution in [0, 0.1) is 6.92 Å². The molecule has 0 bridgehead atoms. The second-order valence-electron chi connectivity index (χ2n) is 7.03. The highest BCUT2D eigenvalue weighted by Crippen LogP contribution is 2.18. The first-order chi connectivity index (χ1) is 12.2. The molecule has 3 nitrogen and oxygen atoms in total. The average Bonchev–Trinajstić information content (AvgIpc) is 3.14. The van der Waals surface area contributed by atoms with Crippen LogP contribution >= 0.6 is 0 Å². The first-order valence-corrected chi connectivity index (χ1v) is 9.34. The van der Waals surface area contributed by atoms with Crippen LogP contribution in [0.3, 0.4) is 0 Å². The van der Waals surface area contributed by atoms with Crippen molar-refractivity contribution in [3.63, 3.8) is 0 Å². The van der Waals surface area contributed by atoms with Gasteiger partial charge in [0, 0.05) is 12.1 Å². The molecule has 3 rings (SSSR count). The molecule has 1 aliphatic rings. The van der Waals surface area contributed by atoms with Gasteiger partial charge in [-0.25, -0.2) is 0 Å². The number of hydrogen-bond acceptors (Lipinski definition) is 2. The molecule has 0 aliphatic carbocycles. The van der Waals surface area contributed by atoms with Crippen LogP contribution in [-0.4, -0.2) is 23.9 Å². The van der Waals surface area contributed by atoms with E-state index in [0.29, 0.717) is 0 Å². The van der Waals surface area contributed by atoms with E-state index in [2.05, 4.69) is 60.5 Å². The summed E-state index contributed by atoms with van der Waals surface area (Å²) in [4.78, 5) is 15.1. The van der Waals surface area contributed by atoms with Gasteiger partial charge in [0.05, 0.1) is 6.04 Å². The summed E-state index contributed by atoms with van der Waals surface area (Å²) in [7, 11) is 0. The van der Waals surface area contributed by atoms with Gasteiger partial charge in [0.1, 0.15) is 0 Å². The van der Waals surface area contributed by atoms with E-state index in [9.17, 15) is 4.79 Å². The van der Waals surface area contributed by atoms with E-state index in [1.165, 1.54) is 37.1 Å². The third kappa shape index (κ3) is 4.70. The van der Waals surface area contributed by atoms with Gasteiger partial charge in [0.25, 0.3) is 5.91 Å². The van der Waals surface area contributed by atoms with Gasteiger partial charge in [-0.1, -0.05) is 48.9 Å². The lowest BCUT2D eigenvalue weighted by atomic mass is 10.0. The van der Waals surface area contributed by atoms with E-state index >= 15 is 0 Å². The smallest absolute Gasteiger partial charge is 0.251 e. The van der Waals surface area contributed by atoms with Crippen molar-refractivity contribution in [2.24, 2.45) is 0 Å². The third-order valence-electron chi connectivity index (χ3n) is 5.01. The summed E-state index contributed by atoms with van der Waals surface area (Å²) < 4.78 is 0. The Morgan fingerprint density at radius 1 is 1.04 bits per heavy atom. The zero-order valence-corrected chi connectivity index (χ0v) is 15.3. The second-order valence-corrected chi connectivity index (χ2v) is 7.03. The maximum Gasteiger partial charge on any atom is 0.251 e.